The van der Waals surface area contributed by atoms with Gasteiger partial charge in [0.15, 0.2) is 0 Å². The van der Waals surface area contributed by atoms with E-state index in [-0.39, 0.29) is 11.9 Å². The molecular weight excluding hydrogens is 362 g/mol. The molecule has 150 valence electrons. The van der Waals surface area contributed by atoms with Gasteiger partial charge in [-0.25, -0.2) is 4.98 Å². The van der Waals surface area contributed by atoms with Gasteiger partial charge in [0.2, 0.25) is 0 Å². The van der Waals surface area contributed by atoms with Crippen molar-refractivity contribution >= 4 is 17.4 Å². The number of carbonyl (C=O) groups excluding carboxylic acids is 1. The first-order valence-electron chi connectivity index (χ1n) is 9.88. The monoisotopic (exact) mass is 389 g/mol. The minimum Gasteiger partial charge on any atom is -0.492 e. The SMILES string of the molecule is CCOc1ccccc1NC(=O)c1ccnc(N(Cc2ccccc2)C(C)C)c1. The molecule has 0 unspecified atom stereocenters. The number of ether oxygens (including phenoxy) is 1. The molecule has 0 aliphatic rings. The number of hydrogen-bond donors (Lipinski definition) is 1. The second-order valence-corrected chi connectivity index (χ2v) is 6.99. The van der Waals surface area contributed by atoms with Gasteiger partial charge in [0, 0.05) is 24.3 Å². The highest BCUT2D eigenvalue weighted by Gasteiger charge is 2.16. The topological polar surface area (TPSA) is 54.5 Å². The lowest BCUT2D eigenvalue weighted by Crippen LogP contribution is -2.31. The fraction of sp³-hybridized carbons (Fsp3) is 0.250. The molecule has 0 saturated heterocycles. The van der Waals surface area contributed by atoms with E-state index in [0.717, 1.165) is 12.4 Å². The zero-order valence-corrected chi connectivity index (χ0v) is 17.1. The van der Waals surface area contributed by atoms with Crippen molar-refractivity contribution in [3.8, 4) is 5.75 Å². The van der Waals surface area contributed by atoms with Crippen molar-refractivity contribution in [1.29, 1.82) is 0 Å². The summed E-state index contributed by atoms with van der Waals surface area (Å²) >= 11 is 0. The average molecular weight is 389 g/mol. The second-order valence-electron chi connectivity index (χ2n) is 6.99. The summed E-state index contributed by atoms with van der Waals surface area (Å²) in [7, 11) is 0. The van der Waals surface area contributed by atoms with E-state index in [2.05, 4.69) is 41.2 Å². The van der Waals surface area contributed by atoms with Crippen LogP contribution in [0.5, 0.6) is 5.75 Å². The quantitative estimate of drug-likeness (QED) is 0.579. The molecule has 0 radical (unpaired) electrons. The number of aromatic nitrogens is 1. The van der Waals surface area contributed by atoms with Crippen molar-refractivity contribution in [2.75, 3.05) is 16.8 Å². The molecular formula is C24H27N3O2. The van der Waals surface area contributed by atoms with Gasteiger partial charge in [-0.05, 0) is 50.6 Å². The molecule has 0 atom stereocenters. The molecule has 0 aliphatic heterocycles. The number of carbonyl (C=O) groups is 1. The van der Waals surface area contributed by atoms with Gasteiger partial charge < -0.3 is 15.0 Å². The number of anilines is 2. The molecule has 0 spiro atoms. The van der Waals surface area contributed by atoms with Crippen LogP contribution in [-0.4, -0.2) is 23.5 Å². The highest BCUT2D eigenvalue weighted by molar-refractivity contribution is 6.05. The molecule has 29 heavy (non-hydrogen) atoms. The summed E-state index contributed by atoms with van der Waals surface area (Å²) in [6.07, 6.45) is 1.68. The number of hydrogen-bond acceptors (Lipinski definition) is 4. The fourth-order valence-electron chi connectivity index (χ4n) is 3.07. The Hall–Kier alpha value is -3.34. The number of para-hydroxylation sites is 2. The first kappa shape index (κ1) is 20.4. The molecule has 1 heterocycles. The van der Waals surface area contributed by atoms with Crippen molar-refractivity contribution in [3.63, 3.8) is 0 Å². The number of pyridine rings is 1. The van der Waals surface area contributed by atoms with Gasteiger partial charge in [-0.15, -0.1) is 0 Å². The molecule has 0 fully saturated rings. The van der Waals surface area contributed by atoms with E-state index in [4.69, 9.17) is 4.74 Å². The number of benzene rings is 2. The van der Waals surface area contributed by atoms with E-state index in [1.54, 1.807) is 12.3 Å². The second kappa shape index (κ2) is 9.73. The smallest absolute Gasteiger partial charge is 0.255 e. The van der Waals surface area contributed by atoms with Crippen LogP contribution in [0.3, 0.4) is 0 Å². The Morgan fingerprint density at radius 2 is 1.79 bits per heavy atom. The van der Waals surface area contributed by atoms with Gasteiger partial charge in [0.05, 0.1) is 12.3 Å². The summed E-state index contributed by atoms with van der Waals surface area (Å²) < 4.78 is 5.60. The highest BCUT2D eigenvalue weighted by Crippen LogP contribution is 2.25. The summed E-state index contributed by atoms with van der Waals surface area (Å²) in [4.78, 5) is 19.6. The predicted molar refractivity (Wildman–Crippen MR) is 118 cm³/mol. The molecule has 0 saturated carbocycles. The van der Waals surface area contributed by atoms with E-state index in [1.807, 2.05) is 55.5 Å². The summed E-state index contributed by atoms with van der Waals surface area (Å²) in [6, 6.07) is 21.5. The van der Waals surface area contributed by atoms with Gasteiger partial charge in [-0.1, -0.05) is 42.5 Å². The van der Waals surface area contributed by atoms with Crippen molar-refractivity contribution in [2.24, 2.45) is 0 Å². The lowest BCUT2D eigenvalue weighted by Gasteiger charge is -2.28. The third-order valence-corrected chi connectivity index (χ3v) is 4.56. The Morgan fingerprint density at radius 1 is 1.07 bits per heavy atom. The van der Waals surface area contributed by atoms with Crippen LogP contribution in [-0.2, 0) is 6.54 Å². The van der Waals surface area contributed by atoms with E-state index in [0.29, 0.717) is 23.6 Å². The number of nitrogens with zero attached hydrogens (tertiary/aromatic N) is 2. The summed E-state index contributed by atoms with van der Waals surface area (Å²) in [6.45, 7) is 7.42. The van der Waals surface area contributed by atoms with Crippen LogP contribution in [0.1, 0.15) is 36.7 Å². The van der Waals surface area contributed by atoms with E-state index in [9.17, 15) is 4.79 Å². The van der Waals surface area contributed by atoms with Crippen molar-refractivity contribution in [2.45, 2.75) is 33.4 Å². The molecule has 3 aromatic rings. The third kappa shape index (κ3) is 5.35. The molecule has 2 aromatic carbocycles. The normalized spacial score (nSPS) is 10.6. The Balaban J connectivity index is 1.81. The summed E-state index contributed by atoms with van der Waals surface area (Å²) in [5, 5.41) is 2.95. The van der Waals surface area contributed by atoms with E-state index >= 15 is 0 Å². The van der Waals surface area contributed by atoms with Crippen LogP contribution in [0.2, 0.25) is 0 Å². The van der Waals surface area contributed by atoms with Crippen LogP contribution < -0.4 is 15.0 Å². The van der Waals surface area contributed by atoms with Crippen molar-refractivity contribution < 1.29 is 9.53 Å². The zero-order chi connectivity index (χ0) is 20.6. The maximum atomic E-state index is 12.9. The molecule has 5 nitrogen and oxygen atoms in total. The Bertz CT molecular complexity index is 942. The maximum Gasteiger partial charge on any atom is 0.255 e. The zero-order valence-electron chi connectivity index (χ0n) is 17.1. The maximum absolute atomic E-state index is 12.9. The molecule has 1 amide bonds. The van der Waals surface area contributed by atoms with Crippen LogP contribution in [0.25, 0.3) is 0 Å². The summed E-state index contributed by atoms with van der Waals surface area (Å²) in [5.74, 6) is 1.24. The van der Waals surface area contributed by atoms with Crippen molar-refractivity contribution in [1.82, 2.24) is 4.98 Å². The van der Waals surface area contributed by atoms with Crippen LogP contribution in [0, 0.1) is 0 Å². The van der Waals surface area contributed by atoms with Gasteiger partial charge in [-0.3, -0.25) is 4.79 Å². The minimum atomic E-state index is -0.191. The van der Waals surface area contributed by atoms with E-state index < -0.39 is 0 Å². The van der Waals surface area contributed by atoms with Crippen LogP contribution in [0.15, 0.2) is 72.9 Å². The predicted octanol–water partition coefficient (Wildman–Crippen LogP) is 5.15. The first-order chi connectivity index (χ1) is 14.1. The van der Waals surface area contributed by atoms with Gasteiger partial charge in [0.25, 0.3) is 5.91 Å². The largest absolute Gasteiger partial charge is 0.492 e. The molecule has 5 heteroatoms. The van der Waals surface area contributed by atoms with Crippen LogP contribution >= 0.6 is 0 Å². The molecule has 0 bridgehead atoms. The van der Waals surface area contributed by atoms with Crippen molar-refractivity contribution in [3.05, 3.63) is 84.1 Å². The van der Waals surface area contributed by atoms with Gasteiger partial charge in [-0.2, -0.15) is 0 Å². The van der Waals surface area contributed by atoms with E-state index in [1.165, 1.54) is 5.56 Å². The lowest BCUT2D eigenvalue weighted by atomic mass is 10.1. The molecule has 3 rings (SSSR count). The van der Waals surface area contributed by atoms with Gasteiger partial charge in [0.1, 0.15) is 11.6 Å². The third-order valence-electron chi connectivity index (χ3n) is 4.56. The Morgan fingerprint density at radius 3 is 2.52 bits per heavy atom. The standard InChI is InChI=1S/C24H27N3O2/c1-4-29-22-13-9-8-12-21(22)26-24(28)20-14-15-25-23(16-20)27(18(2)3)17-19-10-6-5-7-11-19/h5-16,18H,4,17H2,1-3H3,(H,26,28). The number of rotatable bonds is 8. The lowest BCUT2D eigenvalue weighted by molar-refractivity contribution is 0.102. The minimum absolute atomic E-state index is 0.191. The van der Waals surface area contributed by atoms with Gasteiger partial charge >= 0.3 is 0 Å². The molecule has 1 aromatic heterocycles. The summed E-state index contributed by atoms with van der Waals surface area (Å²) in [5.41, 5.74) is 2.41. The fourth-order valence-corrected chi connectivity index (χ4v) is 3.07. The van der Waals surface area contributed by atoms with Crippen LogP contribution in [0.4, 0.5) is 11.5 Å². The number of nitrogens with one attached hydrogen (secondary N) is 1. The molecule has 1 N–H and O–H groups in total. The Kier molecular flexibility index (Phi) is 6.85. The number of amides is 1. The highest BCUT2D eigenvalue weighted by atomic mass is 16.5. The average Bonchev–Trinajstić information content (AvgIpc) is 2.74. The Labute approximate surface area is 172 Å². The first-order valence-corrected chi connectivity index (χ1v) is 9.88. The molecule has 0 aliphatic carbocycles.